The number of hydrogen-bond donors (Lipinski definition) is 0. The SMILES string of the molecule is Cc1cc(C)cc(N2C(=O)C3ON(C)C(/C=C/C(C)C)C3C2=O)c1. The third-order valence-electron chi connectivity index (χ3n) is 4.52. The first kappa shape index (κ1) is 16.9. The highest BCUT2D eigenvalue weighted by molar-refractivity contribution is 6.23. The average molecular weight is 328 g/mol. The van der Waals surface area contributed by atoms with E-state index in [-0.39, 0.29) is 17.9 Å². The number of carbonyl (C=O) groups excluding carboxylic acids is 2. The minimum atomic E-state index is -0.731. The monoisotopic (exact) mass is 328 g/mol. The molecule has 5 nitrogen and oxygen atoms in total. The number of rotatable bonds is 3. The molecule has 0 bridgehead atoms. The van der Waals surface area contributed by atoms with Gasteiger partial charge in [-0.2, -0.15) is 5.06 Å². The predicted octanol–water partition coefficient (Wildman–Crippen LogP) is 2.62. The first-order valence-corrected chi connectivity index (χ1v) is 8.33. The van der Waals surface area contributed by atoms with Crippen LogP contribution in [0.1, 0.15) is 25.0 Å². The lowest BCUT2D eigenvalue weighted by atomic mass is 9.95. The van der Waals surface area contributed by atoms with E-state index in [4.69, 9.17) is 4.84 Å². The standard InChI is InChI=1S/C19H24N2O3/c1-11(2)6-7-15-16-17(24-20(15)5)19(23)21(18(16)22)14-9-12(3)8-13(4)10-14/h6-11,15-17H,1-5H3/b7-6+. The van der Waals surface area contributed by atoms with Crippen LogP contribution in [0.4, 0.5) is 5.69 Å². The van der Waals surface area contributed by atoms with E-state index in [1.165, 1.54) is 4.90 Å². The summed E-state index contributed by atoms with van der Waals surface area (Å²) in [6.45, 7) is 8.07. The Bertz CT molecular complexity index is 690. The quantitative estimate of drug-likeness (QED) is 0.632. The molecule has 2 aliphatic rings. The van der Waals surface area contributed by atoms with E-state index < -0.39 is 12.0 Å². The molecule has 3 rings (SSSR count). The van der Waals surface area contributed by atoms with Crippen molar-refractivity contribution in [2.75, 3.05) is 11.9 Å². The minimum absolute atomic E-state index is 0.183. The van der Waals surface area contributed by atoms with Crippen molar-refractivity contribution in [1.82, 2.24) is 5.06 Å². The summed E-state index contributed by atoms with van der Waals surface area (Å²) in [5.41, 5.74) is 2.68. The highest BCUT2D eigenvalue weighted by atomic mass is 16.7. The van der Waals surface area contributed by atoms with Crippen LogP contribution in [0.15, 0.2) is 30.4 Å². The number of anilines is 1. The fraction of sp³-hybridized carbons (Fsp3) is 0.474. The number of allylic oxidation sites excluding steroid dienone is 1. The second-order valence-electron chi connectivity index (χ2n) is 7.08. The Morgan fingerprint density at radius 3 is 2.29 bits per heavy atom. The van der Waals surface area contributed by atoms with Gasteiger partial charge in [0.05, 0.1) is 17.6 Å². The molecule has 24 heavy (non-hydrogen) atoms. The van der Waals surface area contributed by atoms with E-state index in [1.54, 1.807) is 12.1 Å². The topological polar surface area (TPSA) is 49.9 Å². The molecule has 2 aliphatic heterocycles. The van der Waals surface area contributed by atoms with Crippen LogP contribution in [0.3, 0.4) is 0 Å². The maximum absolute atomic E-state index is 13.0. The van der Waals surface area contributed by atoms with Gasteiger partial charge in [-0.05, 0) is 43.0 Å². The maximum atomic E-state index is 13.0. The summed E-state index contributed by atoms with van der Waals surface area (Å²) in [5, 5.41) is 1.63. The second-order valence-corrected chi connectivity index (χ2v) is 7.08. The Hall–Kier alpha value is -1.98. The van der Waals surface area contributed by atoms with E-state index in [0.717, 1.165) is 11.1 Å². The van der Waals surface area contributed by atoms with Gasteiger partial charge in [-0.1, -0.05) is 32.1 Å². The molecule has 2 fully saturated rings. The second kappa shape index (κ2) is 6.15. The van der Waals surface area contributed by atoms with Crippen molar-refractivity contribution in [3.05, 3.63) is 41.5 Å². The number of aryl methyl sites for hydroxylation is 2. The summed E-state index contributed by atoms with van der Waals surface area (Å²) in [6, 6.07) is 5.54. The number of carbonyl (C=O) groups is 2. The lowest BCUT2D eigenvalue weighted by Gasteiger charge is -2.22. The molecule has 2 heterocycles. The predicted molar refractivity (Wildman–Crippen MR) is 92.3 cm³/mol. The van der Waals surface area contributed by atoms with E-state index >= 15 is 0 Å². The van der Waals surface area contributed by atoms with Gasteiger partial charge in [0.2, 0.25) is 5.91 Å². The number of hydroxylamine groups is 2. The van der Waals surface area contributed by atoms with Crippen LogP contribution in [0.2, 0.25) is 0 Å². The van der Waals surface area contributed by atoms with Crippen molar-refractivity contribution in [2.45, 2.75) is 39.8 Å². The molecule has 0 aliphatic carbocycles. The first-order chi connectivity index (χ1) is 11.3. The highest BCUT2D eigenvalue weighted by Gasteiger charge is 2.58. The number of amides is 2. The summed E-state index contributed by atoms with van der Waals surface area (Å²) >= 11 is 0. The summed E-state index contributed by atoms with van der Waals surface area (Å²) in [4.78, 5) is 32.7. The molecule has 3 atom stereocenters. The molecule has 0 aromatic heterocycles. The van der Waals surface area contributed by atoms with Gasteiger partial charge in [0.1, 0.15) is 0 Å². The van der Waals surface area contributed by atoms with Crippen LogP contribution in [0, 0.1) is 25.7 Å². The van der Waals surface area contributed by atoms with Crippen molar-refractivity contribution in [3.8, 4) is 0 Å². The Balaban J connectivity index is 1.95. The van der Waals surface area contributed by atoms with Gasteiger partial charge in [0.15, 0.2) is 6.10 Å². The lowest BCUT2D eigenvalue weighted by molar-refractivity contribution is -0.157. The Morgan fingerprint density at radius 2 is 1.71 bits per heavy atom. The normalized spacial score (nSPS) is 27.8. The molecule has 5 heteroatoms. The van der Waals surface area contributed by atoms with E-state index in [0.29, 0.717) is 11.6 Å². The fourth-order valence-electron chi connectivity index (χ4n) is 3.49. The number of fused-ring (bicyclic) bond motifs is 1. The first-order valence-electron chi connectivity index (χ1n) is 8.33. The van der Waals surface area contributed by atoms with E-state index in [9.17, 15) is 9.59 Å². The summed E-state index contributed by atoms with van der Waals surface area (Å²) in [6.07, 6.45) is 3.29. The Morgan fingerprint density at radius 1 is 1.08 bits per heavy atom. The molecule has 2 amide bonds. The van der Waals surface area contributed by atoms with Crippen molar-refractivity contribution >= 4 is 17.5 Å². The van der Waals surface area contributed by atoms with Crippen molar-refractivity contribution in [2.24, 2.45) is 11.8 Å². The lowest BCUT2D eigenvalue weighted by Crippen LogP contribution is -2.38. The molecule has 0 N–H and O–H groups in total. The number of hydrogen-bond acceptors (Lipinski definition) is 4. The fourth-order valence-corrected chi connectivity index (χ4v) is 3.49. The van der Waals surface area contributed by atoms with Crippen LogP contribution in [-0.4, -0.2) is 36.1 Å². The van der Waals surface area contributed by atoms with Gasteiger partial charge in [0.25, 0.3) is 5.91 Å². The van der Waals surface area contributed by atoms with Crippen molar-refractivity contribution in [3.63, 3.8) is 0 Å². The summed E-state index contributed by atoms with van der Waals surface area (Å²) < 4.78 is 0. The van der Waals surface area contributed by atoms with Gasteiger partial charge < -0.3 is 0 Å². The van der Waals surface area contributed by atoms with Gasteiger partial charge in [-0.25, -0.2) is 4.90 Å². The van der Waals surface area contributed by atoms with Crippen LogP contribution in [0.25, 0.3) is 0 Å². The molecule has 1 aromatic carbocycles. The molecular formula is C19H24N2O3. The zero-order chi connectivity index (χ0) is 17.6. The van der Waals surface area contributed by atoms with Gasteiger partial charge in [-0.15, -0.1) is 0 Å². The van der Waals surface area contributed by atoms with Crippen LogP contribution in [0.5, 0.6) is 0 Å². The van der Waals surface area contributed by atoms with Crippen molar-refractivity contribution < 1.29 is 14.4 Å². The molecule has 128 valence electrons. The molecular weight excluding hydrogens is 304 g/mol. The largest absolute Gasteiger partial charge is 0.284 e. The smallest absolute Gasteiger partial charge is 0.265 e. The molecule has 1 aromatic rings. The zero-order valence-corrected chi connectivity index (χ0v) is 14.8. The molecule has 2 saturated heterocycles. The maximum Gasteiger partial charge on any atom is 0.265 e. The summed E-state index contributed by atoms with van der Waals surface area (Å²) in [5.74, 6) is -0.571. The van der Waals surface area contributed by atoms with Crippen LogP contribution < -0.4 is 4.90 Å². The van der Waals surface area contributed by atoms with Gasteiger partial charge in [0, 0.05) is 7.05 Å². The molecule has 0 spiro atoms. The number of benzene rings is 1. The van der Waals surface area contributed by atoms with Crippen molar-refractivity contribution in [1.29, 1.82) is 0 Å². The minimum Gasteiger partial charge on any atom is -0.284 e. The van der Waals surface area contributed by atoms with E-state index in [1.807, 2.05) is 44.2 Å². The van der Waals surface area contributed by atoms with Crippen LogP contribution in [-0.2, 0) is 14.4 Å². The summed E-state index contributed by atoms with van der Waals surface area (Å²) in [7, 11) is 1.77. The number of imide groups is 1. The number of likely N-dealkylation sites (N-methyl/N-ethyl adjacent to an activating group) is 1. The number of nitrogens with zero attached hydrogens (tertiary/aromatic N) is 2. The average Bonchev–Trinajstić information content (AvgIpc) is 2.91. The molecule has 0 saturated carbocycles. The molecule has 0 radical (unpaired) electrons. The van der Waals surface area contributed by atoms with Crippen LogP contribution >= 0.6 is 0 Å². The Labute approximate surface area is 142 Å². The molecule has 3 unspecified atom stereocenters. The third-order valence-corrected chi connectivity index (χ3v) is 4.52. The zero-order valence-electron chi connectivity index (χ0n) is 14.8. The highest BCUT2D eigenvalue weighted by Crippen LogP contribution is 2.38. The van der Waals surface area contributed by atoms with Gasteiger partial charge in [-0.3, -0.25) is 14.4 Å². The van der Waals surface area contributed by atoms with Gasteiger partial charge >= 0.3 is 0 Å². The van der Waals surface area contributed by atoms with E-state index in [2.05, 4.69) is 13.8 Å². The Kier molecular flexibility index (Phi) is 4.32. The third kappa shape index (κ3) is 2.78.